The number of fused-ring (bicyclic) bond motifs is 1. The monoisotopic (exact) mass is 668 g/mol. The van der Waals surface area contributed by atoms with Gasteiger partial charge in [0.05, 0.1) is 12.8 Å². The van der Waals surface area contributed by atoms with Crippen molar-refractivity contribution >= 4 is 11.9 Å². The zero-order valence-electron chi connectivity index (χ0n) is 32.3. The molecule has 1 aromatic rings. The Kier molecular flexibility index (Phi) is 25.6. The molecule has 8 heteroatoms. The van der Waals surface area contributed by atoms with E-state index in [2.05, 4.69) is 67.5 Å². The largest absolute Gasteiger partial charge is 0.507 e. The first-order valence-corrected chi connectivity index (χ1v) is 18.0. The lowest BCUT2D eigenvalue weighted by Gasteiger charge is -2.38. The molecule has 2 unspecified atom stereocenters. The maximum Gasteiger partial charge on any atom is 0.303 e. The molecule has 8 nitrogen and oxygen atoms in total. The Balaban J connectivity index is 0. The molecule has 1 aliphatic rings. The fourth-order valence-corrected chi connectivity index (χ4v) is 5.49. The number of aliphatic hydroxyl groups excluding tert-OH is 1. The summed E-state index contributed by atoms with van der Waals surface area (Å²) in [6.07, 6.45) is 13.5. The van der Waals surface area contributed by atoms with Crippen molar-refractivity contribution in [2.24, 2.45) is 17.8 Å². The van der Waals surface area contributed by atoms with E-state index in [0.717, 1.165) is 66.0 Å². The summed E-state index contributed by atoms with van der Waals surface area (Å²) in [5, 5.41) is 33.8. The molecule has 0 bridgehead atoms. The molecule has 0 saturated carbocycles. The lowest BCUT2D eigenvalue weighted by Crippen LogP contribution is -2.37. The van der Waals surface area contributed by atoms with Crippen LogP contribution in [0.15, 0.2) is 0 Å². The van der Waals surface area contributed by atoms with Crippen LogP contribution in [0.5, 0.6) is 11.5 Å². The van der Waals surface area contributed by atoms with Gasteiger partial charge in [0.15, 0.2) is 0 Å². The number of rotatable bonds is 16. The molecule has 0 spiro atoms. The van der Waals surface area contributed by atoms with Crippen molar-refractivity contribution < 1.29 is 34.8 Å². The number of carboxylic acid groups (broad SMARTS) is 2. The van der Waals surface area contributed by atoms with E-state index in [1.54, 1.807) is 6.92 Å². The van der Waals surface area contributed by atoms with Crippen LogP contribution in [-0.2, 0) is 16.0 Å². The summed E-state index contributed by atoms with van der Waals surface area (Å²) in [6, 6.07) is 0. The minimum atomic E-state index is -1.08. The maximum atomic E-state index is 10.4. The Bertz CT molecular complexity index is 994. The second-order valence-corrected chi connectivity index (χ2v) is 14.4. The molecule has 2 rings (SSSR count). The van der Waals surface area contributed by atoms with Crippen molar-refractivity contribution in [1.29, 1.82) is 0 Å². The number of benzene rings is 1. The first-order valence-electron chi connectivity index (χ1n) is 18.0. The summed E-state index contributed by atoms with van der Waals surface area (Å²) in [5.41, 5.74) is 4.23. The number of hydrogen-bond donors (Lipinski definition) is 4. The van der Waals surface area contributed by atoms with Crippen LogP contribution >= 0.6 is 0 Å². The van der Waals surface area contributed by atoms with Crippen LogP contribution in [0.4, 0.5) is 0 Å². The smallest absolute Gasteiger partial charge is 0.303 e. The van der Waals surface area contributed by atoms with Gasteiger partial charge in [-0.2, -0.15) is 0 Å². The highest BCUT2D eigenvalue weighted by Crippen LogP contribution is 2.44. The molecular formula is C39H73NO7. The van der Waals surface area contributed by atoms with Gasteiger partial charge in [-0.3, -0.25) is 9.59 Å². The second kappa shape index (κ2) is 25.7. The van der Waals surface area contributed by atoms with E-state index < -0.39 is 11.9 Å². The first-order chi connectivity index (χ1) is 21.8. The van der Waals surface area contributed by atoms with Gasteiger partial charge in [-0.25, -0.2) is 0 Å². The summed E-state index contributed by atoms with van der Waals surface area (Å²) < 4.78 is 6.60. The molecular weight excluding hydrogens is 594 g/mol. The molecule has 1 aromatic carbocycles. The van der Waals surface area contributed by atoms with E-state index in [4.69, 9.17) is 20.1 Å². The van der Waals surface area contributed by atoms with Crippen LogP contribution in [-0.4, -0.2) is 70.1 Å². The molecule has 1 heterocycles. The molecule has 1 aliphatic heterocycles. The normalized spacial score (nSPS) is 16.3. The highest BCUT2D eigenvalue weighted by Gasteiger charge is 2.34. The number of aromatic hydroxyl groups is 1. The molecule has 0 amide bonds. The number of carbonyl (C=O) groups is 2. The average Bonchev–Trinajstić information content (AvgIpc) is 2.98. The SMILES string of the molecule is CCN(C)C.CCO.Cc1c(C)c2c(c(C)c1O)CC[C@@](C)(CCCC(C)CCCC(C)CCCC(C)C)O2.O=C(O)CCC(=O)O. The zero-order chi connectivity index (χ0) is 36.7. The number of phenolic OH excluding ortho intramolecular Hbond substituents is 1. The lowest BCUT2D eigenvalue weighted by molar-refractivity contribution is -0.143. The molecule has 47 heavy (non-hydrogen) atoms. The lowest BCUT2D eigenvalue weighted by atomic mass is 9.84. The van der Waals surface area contributed by atoms with Crippen LogP contribution in [0.25, 0.3) is 0 Å². The Hall–Kier alpha value is -2.32. The topological polar surface area (TPSA) is 128 Å². The minimum absolute atomic E-state index is 0.0712. The van der Waals surface area contributed by atoms with Gasteiger partial charge in [0, 0.05) is 12.2 Å². The number of nitrogens with zero attached hydrogens (tertiary/aromatic N) is 1. The van der Waals surface area contributed by atoms with Gasteiger partial charge in [0.2, 0.25) is 0 Å². The molecule has 0 radical (unpaired) electrons. The molecule has 4 N–H and O–H groups in total. The van der Waals surface area contributed by atoms with Crippen LogP contribution in [0, 0.1) is 38.5 Å². The second-order valence-electron chi connectivity index (χ2n) is 14.4. The van der Waals surface area contributed by atoms with E-state index in [-0.39, 0.29) is 25.0 Å². The Morgan fingerprint density at radius 1 is 0.809 bits per heavy atom. The van der Waals surface area contributed by atoms with Crippen molar-refractivity contribution in [2.45, 2.75) is 158 Å². The zero-order valence-corrected chi connectivity index (χ0v) is 32.3. The van der Waals surface area contributed by atoms with Crippen molar-refractivity contribution in [3.63, 3.8) is 0 Å². The summed E-state index contributed by atoms with van der Waals surface area (Å²) in [4.78, 5) is 21.4. The van der Waals surface area contributed by atoms with Gasteiger partial charge < -0.3 is 30.1 Å². The van der Waals surface area contributed by atoms with Gasteiger partial charge in [-0.1, -0.05) is 79.6 Å². The van der Waals surface area contributed by atoms with Gasteiger partial charge in [-0.05, 0) is 115 Å². The summed E-state index contributed by atoms with van der Waals surface area (Å²) in [7, 11) is 4.11. The molecule has 276 valence electrons. The van der Waals surface area contributed by atoms with Crippen molar-refractivity contribution in [1.82, 2.24) is 4.90 Å². The minimum Gasteiger partial charge on any atom is -0.507 e. The van der Waals surface area contributed by atoms with Gasteiger partial charge in [-0.15, -0.1) is 0 Å². The average molecular weight is 668 g/mol. The van der Waals surface area contributed by atoms with E-state index in [0.29, 0.717) is 5.75 Å². The Labute approximate surface area is 288 Å². The third-order valence-corrected chi connectivity index (χ3v) is 9.05. The standard InChI is InChI=1S/C29H50O2.C4H11N.C4H6O4.C2H6O/c1-20(2)12-9-13-21(3)14-10-15-22(4)16-11-18-29(8)19-17-26-25(7)27(30)23(5)24(6)28(26)31-29;1-4-5(2)3;5-3(6)1-2-4(7)8;1-2-3/h20-22,30H,9-19H2,1-8H3;4H2,1-3H3;1-2H2,(H,5,6)(H,7,8);3H,2H2,1H3/t21?,22?,29-;;;/m1.../s1. The van der Waals surface area contributed by atoms with Crippen molar-refractivity contribution in [3.05, 3.63) is 22.3 Å². The van der Waals surface area contributed by atoms with Gasteiger partial charge >= 0.3 is 11.9 Å². The van der Waals surface area contributed by atoms with E-state index in [9.17, 15) is 14.7 Å². The summed E-state index contributed by atoms with van der Waals surface area (Å²) >= 11 is 0. The Morgan fingerprint density at radius 2 is 1.23 bits per heavy atom. The van der Waals surface area contributed by atoms with Gasteiger partial charge in [0.1, 0.15) is 17.1 Å². The molecule has 0 aromatic heterocycles. The van der Waals surface area contributed by atoms with Crippen molar-refractivity contribution in [3.8, 4) is 11.5 Å². The molecule has 0 fully saturated rings. The third-order valence-electron chi connectivity index (χ3n) is 9.05. The fourth-order valence-electron chi connectivity index (χ4n) is 5.49. The third kappa shape index (κ3) is 22.0. The number of ether oxygens (including phenoxy) is 1. The van der Waals surface area contributed by atoms with E-state index in [1.807, 2.05) is 13.8 Å². The molecule has 0 saturated heterocycles. The summed E-state index contributed by atoms with van der Waals surface area (Å²) in [5.74, 6) is 1.88. The predicted molar refractivity (Wildman–Crippen MR) is 196 cm³/mol. The molecule has 0 aliphatic carbocycles. The summed E-state index contributed by atoms with van der Waals surface area (Å²) in [6.45, 7) is 23.1. The number of hydrogen-bond acceptors (Lipinski definition) is 6. The van der Waals surface area contributed by atoms with Crippen LogP contribution < -0.4 is 4.74 Å². The van der Waals surface area contributed by atoms with Crippen LogP contribution in [0.2, 0.25) is 0 Å². The Morgan fingerprint density at radius 3 is 1.64 bits per heavy atom. The van der Waals surface area contributed by atoms with E-state index >= 15 is 0 Å². The molecule has 3 atom stereocenters. The maximum absolute atomic E-state index is 10.4. The van der Waals surface area contributed by atoms with Crippen molar-refractivity contribution in [2.75, 3.05) is 27.2 Å². The quantitative estimate of drug-likeness (QED) is 0.137. The van der Waals surface area contributed by atoms with E-state index in [1.165, 1.54) is 56.9 Å². The highest BCUT2D eigenvalue weighted by atomic mass is 16.5. The number of aliphatic hydroxyl groups is 1. The highest BCUT2D eigenvalue weighted by molar-refractivity contribution is 5.75. The number of phenols is 1. The first kappa shape index (κ1) is 46.8. The van der Waals surface area contributed by atoms with Crippen LogP contribution in [0.1, 0.15) is 148 Å². The predicted octanol–water partition coefficient (Wildman–Crippen LogP) is 9.34. The van der Waals surface area contributed by atoms with Crippen LogP contribution in [0.3, 0.4) is 0 Å². The number of carboxylic acids is 2. The fraction of sp³-hybridized carbons (Fsp3) is 0.795. The number of aliphatic carboxylic acids is 2. The van der Waals surface area contributed by atoms with Gasteiger partial charge in [0.25, 0.3) is 0 Å².